The molecule has 32 heavy (non-hydrogen) atoms. The van der Waals surface area contributed by atoms with E-state index in [2.05, 4.69) is 24.1 Å². The van der Waals surface area contributed by atoms with Crippen LogP contribution < -0.4 is 10.1 Å². The Morgan fingerprint density at radius 1 is 1.22 bits per heavy atom. The summed E-state index contributed by atoms with van der Waals surface area (Å²) in [7, 11) is 0. The highest BCUT2D eigenvalue weighted by Crippen LogP contribution is 2.45. The van der Waals surface area contributed by atoms with Gasteiger partial charge < -0.3 is 15.2 Å². The molecule has 0 radical (unpaired) electrons. The Morgan fingerprint density at radius 3 is 2.78 bits per heavy atom. The molecule has 1 aliphatic heterocycles. The molecule has 168 valence electrons. The molecule has 5 rings (SSSR count). The molecule has 3 aromatic rings. The highest BCUT2D eigenvalue weighted by atomic mass is 32.1. The number of carbonyl (C=O) groups excluding carboxylic acids is 1. The summed E-state index contributed by atoms with van der Waals surface area (Å²) in [5, 5.41) is 14.7. The van der Waals surface area contributed by atoms with E-state index in [0.29, 0.717) is 11.5 Å². The summed E-state index contributed by atoms with van der Waals surface area (Å²) in [4.78, 5) is 18.9. The van der Waals surface area contributed by atoms with Crippen LogP contribution in [0.5, 0.6) is 5.75 Å². The number of aliphatic hydroxyl groups is 1. The molecule has 2 N–H and O–H groups in total. The molecule has 3 heterocycles. The number of benzene rings is 1. The Balaban J connectivity index is 1.55. The fourth-order valence-corrected chi connectivity index (χ4v) is 6.63. The summed E-state index contributed by atoms with van der Waals surface area (Å²) < 4.78 is 6.72. The second-order valence-corrected chi connectivity index (χ2v) is 10.3. The van der Waals surface area contributed by atoms with Crippen LogP contribution in [0.1, 0.15) is 90.7 Å². The van der Waals surface area contributed by atoms with Crippen LogP contribution in [0, 0.1) is 0 Å². The molecule has 0 bridgehead atoms. The Labute approximate surface area is 192 Å². The van der Waals surface area contributed by atoms with Gasteiger partial charge in [-0.15, -0.1) is 11.3 Å². The van der Waals surface area contributed by atoms with Gasteiger partial charge in [0.25, 0.3) is 5.91 Å². The van der Waals surface area contributed by atoms with E-state index >= 15 is 0 Å². The number of hydrogen-bond acceptors (Lipinski definition) is 5. The summed E-state index contributed by atoms with van der Waals surface area (Å²) in [6.07, 6.45) is 7.28. The minimum Gasteiger partial charge on any atom is -0.493 e. The average Bonchev–Trinajstić information content (AvgIpc) is 3.20. The van der Waals surface area contributed by atoms with Crippen LogP contribution >= 0.6 is 11.3 Å². The van der Waals surface area contributed by atoms with Gasteiger partial charge in [0.1, 0.15) is 5.75 Å². The third kappa shape index (κ3) is 3.69. The molecule has 0 unspecified atom stereocenters. The first-order valence-corrected chi connectivity index (χ1v) is 12.5. The summed E-state index contributed by atoms with van der Waals surface area (Å²) in [5.41, 5.74) is 2.97. The van der Waals surface area contributed by atoms with Crippen molar-refractivity contribution >= 4 is 27.5 Å². The van der Waals surface area contributed by atoms with Gasteiger partial charge in [-0.2, -0.15) is 0 Å². The van der Waals surface area contributed by atoms with Crippen LogP contribution in [0.15, 0.2) is 36.5 Å². The number of amides is 1. The SMILES string of the molecule is CC(C)c1c(C(=O)N[C@H]2CCOc3ccccc32)sc2c(C3(O)CCCCC3)ccnc12. The van der Waals surface area contributed by atoms with E-state index in [1.807, 2.05) is 30.3 Å². The highest BCUT2D eigenvalue weighted by molar-refractivity contribution is 7.21. The van der Waals surface area contributed by atoms with Crippen molar-refractivity contribution in [3.63, 3.8) is 0 Å². The van der Waals surface area contributed by atoms with Crippen molar-refractivity contribution in [1.82, 2.24) is 10.3 Å². The second kappa shape index (κ2) is 8.49. The Kier molecular flexibility index (Phi) is 5.68. The number of aromatic nitrogens is 1. The van der Waals surface area contributed by atoms with Crippen molar-refractivity contribution in [2.45, 2.75) is 69.9 Å². The molecule has 6 heteroatoms. The molecule has 0 saturated heterocycles. The normalized spacial score (nSPS) is 20.1. The molecule has 2 aliphatic rings. The summed E-state index contributed by atoms with van der Waals surface area (Å²) >= 11 is 1.48. The number of hydrogen-bond donors (Lipinski definition) is 2. The average molecular weight is 451 g/mol. The van der Waals surface area contributed by atoms with E-state index in [9.17, 15) is 9.90 Å². The molecule has 5 nitrogen and oxygen atoms in total. The van der Waals surface area contributed by atoms with Crippen molar-refractivity contribution in [3.8, 4) is 5.75 Å². The number of thiophene rings is 1. The zero-order valence-electron chi connectivity index (χ0n) is 18.7. The zero-order chi connectivity index (χ0) is 22.3. The Bertz CT molecular complexity index is 1150. The molecular formula is C26H30N2O3S. The number of rotatable bonds is 4. The third-order valence-corrected chi connectivity index (χ3v) is 8.06. The van der Waals surface area contributed by atoms with E-state index < -0.39 is 5.60 Å². The molecule has 1 atom stereocenters. The van der Waals surface area contributed by atoms with Gasteiger partial charge in [-0.05, 0) is 30.9 Å². The van der Waals surface area contributed by atoms with Crippen molar-refractivity contribution in [1.29, 1.82) is 0 Å². The second-order valence-electron chi connectivity index (χ2n) is 9.33. The van der Waals surface area contributed by atoms with Crippen molar-refractivity contribution in [2.24, 2.45) is 0 Å². The first kappa shape index (κ1) is 21.4. The first-order valence-electron chi connectivity index (χ1n) is 11.6. The molecule has 0 spiro atoms. The molecule has 1 saturated carbocycles. The van der Waals surface area contributed by atoms with E-state index in [-0.39, 0.29) is 17.9 Å². The number of nitrogens with one attached hydrogen (secondary N) is 1. The van der Waals surface area contributed by atoms with Crippen molar-refractivity contribution < 1.29 is 14.6 Å². The minimum absolute atomic E-state index is 0.0695. The van der Waals surface area contributed by atoms with Crippen molar-refractivity contribution in [2.75, 3.05) is 6.61 Å². The number of carbonyl (C=O) groups is 1. The lowest BCUT2D eigenvalue weighted by atomic mass is 9.80. The maximum absolute atomic E-state index is 13.6. The van der Waals surface area contributed by atoms with E-state index in [1.165, 1.54) is 17.8 Å². The highest BCUT2D eigenvalue weighted by Gasteiger charge is 2.35. The zero-order valence-corrected chi connectivity index (χ0v) is 19.5. The predicted molar refractivity (Wildman–Crippen MR) is 127 cm³/mol. The van der Waals surface area contributed by atoms with Gasteiger partial charge in [0.2, 0.25) is 0 Å². The fourth-order valence-electron chi connectivity index (χ4n) is 5.20. The van der Waals surface area contributed by atoms with Gasteiger partial charge in [0, 0.05) is 29.3 Å². The lowest BCUT2D eigenvalue weighted by Crippen LogP contribution is -2.32. The third-order valence-electron chi connectivity index (χ3n) is 6.84. The maximum atomic E-state index is 13.6. The van der Waals surface area contributed by atoms with E-state index in [0.717, 1.165) is 64.8 Å². The number of nitrogens with zero attached hydrogens (tertiary/aromatic N) is 1. The van der Waals surface area contributed by atoms with Gasteiger partial charge in [0.05, 0.1) is 33.3 Å². The van der Waals surface area contributed by atoms with Gasteiger partial charge in [-0.25, -0.2) is 0 Å². The van der Waals surface area contributed by atoms with Crippen LogP contribution in [-0.4, -0.2) is 22.6 Å². The molecule has 1 fully saturated rings. The van der Waals surface area contributed by atoms with Gasteiger partial charge >= 0.3 is 0 Å². The summed E-state index contributed by atoms with van der Waals surface area (Å²) in [5.74, 6) is 0.920. The Morgan fingerprint density at radius 2 is 2.00 bits per heavy atom. The lowest BCUT2D eigenvalue weighted by molar-refractivity contribution is 0.000848. The van der Waals surface area contributed by atoms with Crippen LogP contribution in [0.2, 0.25) is 0 Å². The summed E-state index contributed by atoms with van der Waals surface area (Å²) in [6.45, 7) is 4.79. The smallest absolute Gasteiger partial charge is 0.262 e. The first-order chi connectivity index (χ1) is 15.5. The van der Waals surface area contributed by atoms with Gasteiger partial charge in [0.15, 0.2) is 0 Å². The Hall–Kier alpha value is -2.44. The topological polar surface area (TPSA) is 71.5 Å². The maximum Gasteiger partial charge on any atom is 0.262 e. The van der Waals surface area contributed by atoms with Crippen LogP contribution in [0.3, 0.4) is 0 Å². The van der Waals surface area contributed by atoms with Crippen LogP contribution in [0.25, 0.3) is 10.2 Å². The molecule has 1 aromatic carbocycles. The number of ether oxygens (including phenoxy) is 1. The predicted octanol–water partition coefficient (Wildman–Crippen LogP) is 5.83. The number of pyridine rings is 1. The van der Waals surface area contributed by atoms with Crippen molar-refractivity contribution in [3.05, 3.63) is 58.1 Å². The lowest BCUT2D eigenvalue weighted by Gasteiger charge is -2.32. The molecular weight excluding hydrogens is 420 g/mol. The monoisotopic (exact) mass is 450 g/mol. The van der Waals surface area contributed by atoms with Gasteiger partial charge in [-0.1, -0.05) is 51.3 Å². The largest absolute Gasteiger partial charge is 0.493 e. The standard InChI is InChI=1S/C26H30N2O3S/c1-16(2)21-22-23(18(10-14-27-22)26(30)12-6-3-7-13-26)32-24(21)25(29)28-19-11-15-31-20-9-5-4-8-17(19)20/h4-5,8-10,14,16,19,30H,3,6-7,11-13,15H2,1-2H3,(H,28,29)/t19-/m0/s1. The number of fused-ring (bicyclic) bond motifs is 2. The quantitative estimate of drug-likeness (QED) is 0.525. The molecule has 1 aliphatic carbocycles. The summed E-state index contributed by atoms with van der Waals surface area (Å²) in [6, 6.07) is 9.78. The molecule has 2 aromatic heterocycles. The molecule has 1 amide bonds. The van der Waals surface area contributed by atoms with Gasteiger partial charge in [-0.3, -0.25) is 9.78 Å². The minimum atomic E-state index is -0.827. The van der Waals surface area contributed by atoms with Crippen LogP contribution in [-0.2, 0) is 5.60 Å². The van der Waals surface area contributed by atoms with E-state index in [4.69, 9.17) is 4.74 Å². The van der Waals surface area contributed by atoms with E-state index in [1.54, 1.807) is 6.20 Å². The number of para-hydroxylation sites is 1. The van der Waals surface area contributed by atoms with Crippen LogP contribution in [0.4, 0.5) is 0 Å². The fraction of sp³-hybridized carbons (Fsp3) is 0.462.